The van der Waals surface area contributed by atoms with Crippen LogP contribution in [-0.4, -0.2) is 31.7 Å². The first kappa shape index (κ1) is 24.9. The molecule has 1 unspecified atom stereocenters. The van der Waals surface area contributed by atoms with Crippen molar-refractivity contribution in [1.29, 1.82) is 5.26 Å². The van der Waals surface area contributed by atoms with Crippen molar-refractivity contribution < 1.29 is 33.4 Å². The first-order valence-corrected chi connectivity index (χ1v) is 10.9. The van der Waals surface area contributed by atoms with Crippen LogP contribution in [-0.2, 0) is 4.79 Å². The molecule has 2 N–H and O–H groups in total. The summed E-state index contributed by atoms with van der Waals surface area (Å²) in [5, 5.41) is 20.5. The number of allylic oxidation sites excluding steroid dienone is 1. The summed E-state index contributed by atoms with van der Waals surface area (Å²) in [6.07, 6.45) is 0. The van der Waals surface area contributed by atoms with Crippen molar-refractivity contribution in [2.45, 2.75) is 5.92 Å². The molecule has 0 aliphatic carbocycles. The highest BCUT2D eigenvalue weighted by molar-refractivity contribution is 5.74. The lowest BCUT2D eigenvalue weighted by atomic mass is 9.83. The Kier molecular flexibility index (Phi) is 7.11. The number of hydrogen-bond acceptors (Lipinski definition) is 10. The van der Waals surface area contributed by atoms with Crippen molar-refractivity contribution in [3.05, 3.63) is 93.4 Å². The number of nitrogens with zero attached hydrogens (tertiary/aromatic N) is 2. The van der Waals surface area contributed by atoms with E-state index in [0.717, 1.165) is 0 Å². The second-order valence-corrected chi connectivity index (χ2v) is 7.75. The number of nitro benzene ring substituents is 1. The van der Waals surface area contributed by atoms with E-state index in [2.05, 4.69) is 6.07 Å². The van der Waals surface area contributed by atoms with Gasteiger partial charge in [-0.3, -0.25) is 10.1 Å². The number of nitriles is 1. The lowest BCUT2D eigenvalue weighted by Gasteiger charge is -2.27. The van der Waals surface area contributed by atoms with Crippen molar-refractivity contribution >= 4 is 11.7 Å². The Bertz CT molecular complexity index is 1430. The molecule has 0 aromatic heterocycles. The Hall–Kier alpha value is -5.24. The van der Waals surface area contributed by atoms with Crippen LogP contribution in [0, 0.1) is 21.4 Å². The van der Waals surface area contributed by atoms with E-state index in [1.165, 1.54) is 44.6 Å². The standard InChI is InChI=1S/C26H21N3O8/c1-33-17-7-9-19(22(11-17)34-2)25-20-10-8-18(12-23(20)37-26(28)21(25)13-27)36-24(30)14-35-16-5-3-15(4-6-16)29(31)32/h3-12,25H,14,28H2,1-2H3. The molecule has 0 fully saturated rings. The van der Waals surface area contributed by atoms with Crippen LogP contribution in [0.1, 0.15) is 17.0 Å². The molecule has 1 aliphatic rings. The quantitative estimate of drug-likeness (QED) is 0.207. The van der Waals surface area contributed by atoms with Gasteiger partial charge in [-0.1, -0.05) is 12.1 Å². The molecule has 0 bridgehead atoms. The van der Waals surface area contributed by atoms with Crippen molar-refractivity contribution in [1.82, 2.24) is 0 Å². The molecule has 0 spiro atoms. The van der Waals surface area contributed by atoms with Crippen molar-refractivity contribution in [3.8, 4) is 34.8 Å². The molecule has 1 heterocycles. The van der Waals surface area contributed by atoms with E-state index in [4.69, 9.17) is 29.4 Å². The minimum atomic E-state index is -0.705. The predicted octanol–water partition coefficient (Wildman–Crippen LogP) is 3.81. The van der Waals surface area contributed by atoms with Crippen LogP contribution in [0.25, 0.3) is 0 Å². The van der Waals surface area contributed by atoms with Crippen LogP contribution in [0.15, 0.2) is 72.1 Å². The number of carbonyl (C=O) groups is 1. The number of nitro groups is 1. The fourth-order valence-electron chi connectivity index (χ4n) is 3.84. The molecule has 0 saturated carbocycles. The average molecular weight is 503 g/mol. The minimum Gasteiger partial charge on any atom is -0.497 e. The second kappa shape index (κ2) is 10.6. The van der Waals surface area contributed by atoms with E-state index in [1.807, 2.05) is 0 Å². The van der Waals surface area contributed by atoms with Crippen molar-refractivity contribution in [2.75, 3.05) is 20.8 Å². The molecule has 3 aromatic rings. The zero-order valence-electron chi connectivity index (χ0n) is 19.8. The van der Waals surface area contributed by atoms with E-state index in [0.29, 0.717) is 28.4 Å². The Labute approximate surface area is 211 Å². The lowest BCUT2D eigenvalue weighted by molar-refractivity contribution is -0.384. The summed E-state index contributed by atoms with van der Waals surface area (Å²) < 4.78 is 27.2. The summed E-state index contributed by atoms with van der Waals surface area (Å²) in [5.74, 6) is 0.454. The minimum absolute atomic E-state index is 0.0807. The first-order valence-electron chi connectivity index (χ1n) is 10.9. The molecule has 0 amide bonds. The molecule has 11 nitrogen and oxygen atoms in total. The molecule has 0 saturated heterocycles. The van der Waals surface area contributed by atoms with Gasteiger partial charge in [0.05, 0.1) is 25.1 Å². The summed E-state index contributed by atoms with van der Waals surface area (Å²) in [7, 11) is 3.05. The van der Waals surface area contributed by atoms with E-state index in [-0.39, 0.29) is 28.6 Å². The van der Waals surface area contributed by atoms with E-state index < -0.39 is 23.4 Å². The average Bonchev–Trinajstić information content (AvgIpc) is 2.90. The highest BCUT2D eigenvalue weighted by Crippen LogP contribution is 2.46. The molecule has 11 heteroatoms. The number of ether oxygens (including phenoxy) is 5. The Balaban J connectivity index is 1.55. The van der Waals surface area contributed by atoms with Gasteiger partial charge in [0, 0.05) is 35.4 Å². The molecule has 3 aromatic carbocycles. The van der Waals surface area contributed by atoms with Gasteiger partial charge < -0.3 is 29.4 Å². The molecule has 1 aliphatic heterocycles. The Morgan fingerprint density at radius 2 is 1.70 bits per heavy atom. The third-order valence-corrected chi connectivity index (χ3v) is 5.58. The van der Waals surface area contributed by atoms with Crippen LogP contribution >= 0.6 is 0 Å². The summed E-state index contributed by atoms with van der Waals surface area (Å²) in [6, 6.07) is 17.4. The molecule has 37 heavy (non-hydrogen) atoms. The van der Waals surface area contributed by atoms with Crippen molar-refractivity contribution in [3.63, 3.8) is 0 Å². The van der Waals surface area contributed by atoms with Gasteiger partial charge in [-0.25, -0.2) is 4.79 Å². The zero-order valence-corrected chi connectivity index (χ0v) is 19.8. The smallest absolute Gasteiger partial charge is 0.349 e. The van der Waals surface area contributed by atoms with Crippen LogP contribution in [0.5, 0.6) is 28.7 Å². The van der Waals surface area contributed by atoms with Gasteiger partial charge in [0.2, 0.25) is 5.88 Å². The SMILES string of the molecule is COc1ccc(C2C(C#N)=C(N)Oc3cc(OC(=O)COc4ccc([N+](=O)[O-])cc4)ccc32)c(OC)c1. The summed E-state index contributed by atoms with van der Waals surface area (Å²) in [4.78, 5) is 22.5. The van der Waals surface area contributed by atoms with Crippen LogP contribution in [0.3, 0.4) is 0 Å². The van der Waals surface area contributed by atoms with Crippen LogP contribution in [0.4, 0.5) is 5.69 Å². The number of methoxy groups -OCH3 is 2. The Morgan fingerprint density at radius 3 is 2.35 bits per heavy atom. The second-order valence-electron chi connectivity index (χ2n) is 7.75. The van der Waals surface area contributed by atoms with Gasteiger partial charge >= 0.3 is 5.97 Å². The highest BCUT2D eigenvalue weighted by atomic mass is 16.6. The fourth-order valence-corrected chi connectivity index (χ4v) is 3.84. The van der Waals surface area contributed by atoms with Crippen LogP contribution in [0.2, 0.25) is 0 Å². The number of rotatable bonds is 8. The molecule has 4 rings (SSSR count). The number of fused-ring (bicyclic) bond motifs is 1. The molecule has 1 atom stereocenters. The van der Waals surface area contributed by atoms with Gasteiger partial charge in [-0.15, -0.1) is 0 Å². The molecular formula is C26H21N3O8. The number of nitrogens with two attached hydrogens (primary N) is 1. The molecular weight excluding hydrogens is 482 g/mol. The van der Waals surface area contributed by atoms with Crippen molar-refractivity contribution in [2.24, 2.45) is 5.73 Å². The largest absolute Gasteiger partial charge is 0.497 e. The normalized spacial score (nSPS) is 14.0. The van der Waals surface area contributed by atoms with Crippen LogP contribution < -0.4 is 29.4 Å². The van der Waals surface area contributed by atoms with Gasteiger partial charge in [-0.2, -0.15) is 5.26 Å². The number of hydrogen-bond donors (Lipinski definition) is 1. The predicted molar refractivity (Wildman–Crippen MR) is 130 cm³/mol. The third-order valence-electron chi connectivity index (χ3n) is 5.58. The number of esters is 1. The number of benzene rings is 3. The van der Waals surface area contributed by atoms with E-state index in [9.17, 15) is 20.2 Å². The van der Waals surface area contributed by atoms with Gasteiger partial charge in [-0.05, 0) is 24.3 Å². The van der Waals surface area contributed by atoms with Gasteiger partial charge in [0.15, 0.2) is 6.61 Å². The maximum atomic E-state index is 12.3. The summed E-state index contributed by atoms with van der Waals surface area (Å²) >= 11 is 0. The maximum absolute atomic E-state index is 12.3. The fraction of sp³-hybridized carbons (Fsp3) is 0.154. The highest BCUT2D eigenvalue weighted by Gasteiger charge is 2.33. The molecule has 188 valence electrons. The summed E-state index contributed by atoms with van der Waals surface area (Å²) in [5.41, 5.74) is 7.48. The molecule has 0 radical (unpaired) electrons. The van der Waals surface area contributed by atoms with E-state index in [1.54, 1.807) is 30.3 Å². The maximum Gasteiger partial charge on any atom is 0.349 e. The number of non-ortho nitro benzene ring substituents is 1. The monoisotopic (exact) mass is 503 g/mol. The third kappa shape index (κ3) is 5.23. The lowest BCUT2D eigenvalue weighted by Crippen LogP contribution is -2.22. The Morgan fingerprint density at radius 1 is 1.03 bits per heavy atom. The number of carbonyl (C=O) groups excluding carboxylic acids is 1. The van der Waals surface area contributed by atoms with E-state index >= 15 is 0 Å². The van der Waals surface area contributed by atoms with Gasteiger partial charge in [0.1, 0.15) is 40.4 Å². The van der Waals surface area contributed by atoms with Gasteiger partial charge in [0.25, 0.3) is 5.69 Å². The summed E-state index contributed by atoms with van der Waals surface area (Å²) in [6.45, 7) is -0.429. The topological polar surface area (TPSA) is 156 Å². The zero-order chi connectivity index (χ0) is 26.5. The first-order chi connectivity index (χ1) is 17.8.